The third-order valence-corrected chi connectivity index (χ3v) is 10.7. The molecule has 0 aliphatic rings. The Hall–Kier alpha value is -9.12. The number of nitriles is 3. The molecule has 0 fully saturated rings. The van der Waals surface area contributed by atoms with Gasteiger partial charge in [-0.3, -0.25) is 0 Å². The van der Waals surface area contributed by atoms with Gasteiger partial charge < -0.3 is 13.7 Å². The van der Waals surface area contributed by atoms with E-state index in [-0.39, 0.29) is 0 Å². The van der Waals surface area contributed by atoms with Gasteiger partial charge >= 0.3 is 0 Å². The molecule has 0 saturated carbocycles. The molecule has 3 heterocycles. The number of nitrogens with zero attached hydrogens (tertiary/aromatic N) is 9. The van der Waals surface area contributed by atoms with E-state index in [0.29, 0.717) is 33.8 Å². The molecule has 0 N–H and O–H groups in total. The molecule has 9 heteroatoms. The third-order valence-electron chi connectivity index (χ3n) is 10.7. The molecule has 0 unspecified atom stereocenters. The summed E-state index contributed by atoms with van der Waals surface area (Å²) in [5, 5.41) is 34.6. The summed E-state index contributed by atoms with van der Waals surface area (Å²) in [6.45, 7) is 23.3. The van der Waals surface area contributed by atoms with Crippen LogP contribution in [-0.4, -0.2) is 13.7 Å². The molecule has 57 heavy (non-hydrogen) atoms. The summed E-state index contributed by atoms with van der Waals surface area (Å²) in [5.41, 5.74) is 10.4. The Labute approximate surface area is 324 Å². The summed E-state index contributed by atoms with van der Waals surface area (Å²) in [7, 11) is 0. The number of fused-ring (bicyclic) bond motifs is 9. The fraction of sp³-hybridized carbons (Fsp3) is 0. The molecule has 7 aromatic carbocycles. The van der Waals surface area contributed by atoms with Gasteiger partial charge in [-0.2, -0.15) is 15.8 Å². The van der Waals surface area contributed by atoms with Gasteiger partial charge in [0.05, 0.1) is 105 Å². The van der Waals surface area contributed by atoms with Crippen molar-refractivity contribution in [2.45, 2.75) is 0 Å². The van der Waals surface area contributed by atoms with E-state index in [0.717, 1.165) is 82.5 Å². The molecule has 10 aromatic rings. The van der Waals surface area contributed by atoms with Crippen molar-refractivity contribution in [3.8, 4) is 35.3 Å². The molecular formula is C48H21N9. The van der Waals surface area contributed by atoms with E-state index in [1.165, 1.54) is 0 Å². The van der Waals surface area contributed by atoms with Gasteiger partial charge in [-0.05, 0) is 125 Å². The summed E-state index contributed by atoms with van der Waals surface area (Å²) in [6.07, 6.45) is 0. The standard InChI is InChI=1S/C48H21N9/c1-52-31-7-13-46-40(19-31)39-18-30(27-51)6-12-45(39)56(46)35-22-34(55-43-10-4-28(25-49)16-37(43)38-17-29(26-50)5-11-44(38)55)23-36(24-35)57-47-14-8-32(53-2)20-41(47)42-21-33(54-3)9-15-48(42)57/h4-24H. The van der Waals surface area contributed by atoms with Crippen LogP contribution in [-0.2, 0) is 0 Å². The average molecular weight is 724 g/mol. The predicted molar refractivity (Wildman–Crippen MR) is 222 cm³/mol. The number of hydrogen-bond acceptors (Lipinski definition) is 3. The number of benzene rings is 7. The van der Waals surface area contributed by atoms with E-state index >= 15 is 0 Å². The van der Waals surface area contributed by atoms with Gasteiger partial charge in [0.1, 0.15) is 0 Å². The minimum Gasteiger partial charge on any atom is -0.309 e. The number of hydrogen-bond donors (Lipinski definition) is 0. The van der Waals surface area contributed by atoms with Crippen LogP contribution in [0.15, 0.2) is 127 Å². The van der Waals surface area contributed by atoms with E-state index in [9.17, 15) is 15.8 Å². The Bertz CT molecular complexity index is 3100. The minimum absolute atomic E-state index is 0.486. The van der Waals surface area contributed by atoms with E-state index in [1.54, 1.807) is 36.4 Å². The van der Waals surface area contributed by atoms with Gasteiger partial charge in [-0.1, -0.05) is 18.2 Å². The monoisotopic (exact) mass is 723 g/mol. The molecule has 0 atom stereocenters. The molecule has 10 rings (SSSR count). The molecular weight excluding hydrogens is 703 g/mol. The molecule has 0 spiro atoms. The summed E-state index contributed by atoms with van der Waals surface area (Å²) in [6, 6.07) is 46.6. The average Bonchev–Trinajstić information content (AvgIpc) is 3.89. The van der Waals surface area contributed by atoms with Crippen LogP contribution in [0.5, 0.6) is 0 Å². The molecule has 9 nitrogen and oxygen atoms in total. The van der Waals surface area contributed by atoms with E-state index in [4.69, 9.17) is 19.7 Å². The van der Waals surface area contributed by atoms with Gasteiger partial charge in [0.15, 0.2) is 17.1 Å². The molecule has 0 aliphatic carbocycles. The molecule has 0 bridgehead atoms. The number of aromatic nitrogens is 3. The summed E-state index contributed by atoms with van der Waals surface area (Å²) >= 11 is 0. The second-order valence-electron chi connectivity index (χ2n) is 13.7. The van der Waals surface area contributed by atoms with Gasteiger partial charge in [0.2, 0.25) is 0 Å². The Morgan fingerprint density at radius 2 is 0.579 bits per heavy atom. The van der Waals surface area contributed by atoms with Crippen LogP contribution in [0.1, 0.15) is 16.7 Å². The molecule has 0 saturated heterocycles. The molecule has 3 aromatic heterocycles. The van der Waals surface area contributed by atoms with Crippen molar-refractivity contribution in [1.29, 1.82) is 15.8 Å². The second kappa shape index (κ2) is 12.2. The zero-order valence-corrected chi connectivity index (χ0v) is 29.6. The van der Waals surface area contributed by atoms with E-state index in [2.05, 4.69) is 64.6 Å². The van der Waals surface area contributed by atoms with Crippen molar-refractivity contribution in [2.75, 3.05) is 0 Å². The molecule has 0 amide bonds. The van der Waals surface area contributed by atoms with Crippen LogP contribution in [0, 0.1) is 53.7 Å². The predicted octanol–water partition coefficient (Wildman–Crippen LogP) is 12.2. The zero-order chi connectivity index (χ0) is 38.9. The van der Waals surface area contributed by atoms with Crippen LogP contribution in [0.3, 0.4) is 0 Å². The van der Waals surface area contributed by atoms with Crippen LogP contribution >= 0.6 is 0 Å². The lowest BCUT2D eigenvalue weighted by molar-refractivity contribution is 1.10. The third kappa shape index (κ3) is 4.76. The Kier molecular flexibility index (Phi) is 6.97. The fourth-order valence-corrected chi connectivity index (χ4v) is 8.25. The maximum absolute atomic E-state index is 9.88. The fourth-order valence-electron chi connectivity index (χ4n) is 8.25. The maximum Gasteiger partial charge on any atom is 0.188 e. The highest BCUT2D eigenvalue weighted by atomic mass is 15.0. The first-order chi connectivity index (χ1) is 27.9. The highest BCUT2D eigenvalue weighted by molar-refractivity contribution is 6.13. The lowest BCUT2D eigenvalue weighted by atomic mass is 10.1. The van der Waals surface area contributed by atoms with Gasteiger partial charge in [-0.15, -0.1) is 0 Å². The van der Waals surface area contributed by atoms with Gasteiger partial charge in [-0.25, -0.2) is 14.5 Å². The topological polar surface area (TPSA) is 99.2 Å². The van der Waals surface area contributed by atoms with Crippen LogP contribution < -0.4 is 0 Å². The summed E-state index contributed by atoms with van der Waals surface area (Å²) < 4.78 is 6.43. The van der Waals surface area contributed by atoms with Crippen molar-refractivity contribution in [2.24, 2.45) is 0 Å². The second-order valence-corrected chi connectivity index (χ2v) is 13.7. The lowest BCUT2D eigenvalue weighted by Gasteiger charge is -2.17. The summed E-state index contributed by atoms with van der Waals surface area (Å²) in [4.78, 5) is 11.1. The summed E-state index contributed by atoms with van der Waals surface area (Å²) in [5.74, 6) is 0. The first-order valence-corrected chi connectivity index (χ1v) is 17.7. The van der Waals surface area contributed by atoms with Crippen molar-refractivity contribution in [1.82, 2.24) is 13.7 Å². The first-order valence-electron chi connectivity index (χ1n) is 17.7. The Morgan fingerprint density at radius 3 is 0.825 bits per heavy atom. The van der Waals surface area contributed by atoms with Crippen LogP contribution in [0.25, 0.3) is 97.0 Å². The van der Waals surface area contributed by atoms with Gasteiger partial charge in [0.25, 0.3) is 0 Å². The van der Waals surface area contributed by atoms with Crippen molar-refractivity contribution < 1.29 is 0 Å². The smallest absolute Gasteiger partial charge is 0.188 e. The normalized spacial score (nSPS) is 11.1. The quantitative estimate of drug-likeness (QED) is 0.170. The SMILES string of the molecule is [C-]#[N+]c1ccc2c(c1)c1cc(C#N)ccc1n2-c1cc(-n2c3ccc(C#N)cc3c3cc(C#N)ccc32)cc(-n2c3ccc([N+]#[C-])cc3c3cc([N+]#[C-])ccc32)c1. The van der Waals surface area contributed by atoms with Crippen LogP contribution in [0.2, 0.25) is 0 Å². The maximum atomic E-state index is 9.88. The van der Waals surface area contributed by atoms with Crippen molar-refractivity contribution in [3.63, 3.8) is 0 Å². The highest BCUT2D eigenvalue weighted by Gasteiger charge is 2.21. The Morgan fingerprint density at radius 1 is 0.333 bits per heavy atom. The van der Waals surface area contributed by atoms with Crippen molar-refractivity contribution in [3.05, 3.63) is 178 Å². The largest absolute Gasteiger partial charge is 0.309 e. The van der Waals surface area contributed by atoms with Crippen LogP contribution in [0.4, 0.5) is 17.1 Å². The number of rotatable bonds is 3. The zero-order valence-electron chi connectivity index (χ0n) is 29.6. The first kappa shape index (κ1) is 32.5. The van der Waals surface area contributed by atoms with E-state index < -0.39 is 0 Å². The minimum atomic E-state index is 0.486. The lowest BCUT2D eigenvalue weighted by Crippen LogP contribution is -2.03. The molecule has 0 aliphatic heterocycles. The van der Waals surface area contributed by atoms with Gasteiger partial charge in [0, 0.05) is 16.2 Å². The molecule has 258 valence electrons. The Balaban J connectivity index is 1.38. The molecule has 0 radical (unpaired) electrons. The van der Waals surface area contributed by atoms with Crippen molar-refractivity contribution >= 4 is 82.5 Å². The highest BCUT2D eigenvalue weighted by Crippen LogP contribution is 2.41. The van der Waals surface area contributed by atoms with E-state index in [1.807, 2.05) is 72.8 Å².